The molecule has 1 saturated heterocycles. The lowest BCUT2D eigenvalue weighted by Crippen LogP contribution is -2.43. The smallest absolute Gasteiger partial charge is 0.0147 e. The third kappa shape index (κ3) is 3.46. The van der Waals surface area contributed by atoms with E-state index in [-0.39, 0.29) is 0 Å². The average molecular weight is 212 g/mol. The minimum atomic E-state index is 0.361. The molecule has 1 atom stereocenters. The Morgan fingerprint density at radius 2 is 2.00 bits per heavy atom. The summed E-state index contributed by atoms with van der Waals surface area (Å²) in [4.78, 5) is 5.11. The highest BCUT2D eigenvalue weighted by molar-refractivity contribution is 4.83. The van der Waals surface area contributed by atoms with Crippen molar-refractivity contribution in [2.45, 2.75) is 46.1 Å². The van der Waals surface area contributed by atoms with Gasteiger partial charge in [0, 0.05) is 18.6 Å². The summed E-state index contributed by atoms with van der Waals surface area (Å²) >= 11 is 0. The van der Waals surface area contributed by atoms with Crippen LogP contribution in [0.3, 0.4) is 0 Å². The van der Waals surface area contributed by atoms with Crippen molar-refractivity contribution in [3.8, 4) is 0 Å². The number of nitrogens with zero attached hydrogens (tertiary/aromatic N) is 2. The summed E-state index contributed by atoms with van der Waals surface area (Å²) in [7, 11) is 2.28. The van der Waals surface area contributed by atoms with E-state index >= 15 is 0 Å². The van der Waals surface area contributed by atoms with Gasteiger partial charge in [-0.25, -0.2) is 0 Å². The van der Waals surface area contributed by atoms with E-state index in [1.54, 1.807) is 0 Å². The van der Waals surface area contributed by atoms with Crippen LogP contribution in [0.15, 0.2) is 0 Å². The van der Waals surface area contributed by atoms with Gasteiger partial charge in [-0.2, -0.15) is 0 Å². The molecule has 0 amide bonds. The van der Waals surface area contributed by atoms with E-state index in [1.807, 2.05) is 0 Å². The van der Waals surface area contributed by atoms with Gasteiger partial charge in [0.15, 0.2) is 0 Å². The van der Waals surface area contributed by atoms with E-state index in [9.17, 15) is 0 Å². The van der Waals surface area contributed by atoms with Gasteiger partial charge in [0.25, 0.3) is 0 Å². The molecule has 0 saturated carbocycles. The predicted octanol–water partition coefficient (Wildman–Crippen LogP) is 2.45. The van der Waals surface area contributed by atoms with Crippen LogP contribution in [-0.4, -0.2) is 48.6 Å². The fraction of sp³-hybridized carbons (Fsp3) is 1.00. The van der Waals surface area contributed by atoms with Gasteiger partial charge in [-0.05, 0) is 52.7 Å². The molecule has 0 spiro atoms. The van der Waals surface area contributed by atoms with Crippen molar-refractivity contribution in [3.63, 3.8) is 0 Å². The molecule has 15 heavy (non-hydrogen) atoms. The zero-order chi connectivity index (χ0) is 11.5. The molecule has 1 unspecified atom stereocenters. The minimum absolute atomic E-state index is 0.361. The molecule has 1 fully saturated rings. The molecule has 1 aliphatic heterocycles. The van der Waals surface area contributed by atoms with Crippen molar-refractivity contribution in [2.24, 2.45) is 5.92 Å². The average Bonchev–Trinajstić information content (AvgIpc) is 2.65. The van der Waals surface area contributed by atoms with Gasteiger partial charge in [0.2, 0.25) is 0 Å². The van der Waals surface area contributed by atoms with Crippen LogP contribution in [0.25, 0.3) is 0 Å². The Hall–Kier alpha value is -0.0800. The number of hydrogen-bond acceptors (Lipinski definition) is 2. The van der Waals surface area contributed by atoms with Crippen molar-refractivity contribution < 1.29 is 0 Å². The van der Waals surface area contributed by atoms with Crippen LogP contribution in [-0.2, 0) is 0 Å². The second-order valence-electron chi connectivity index (χ2n) is 5.59. The maximum Gasteiger partial charge on any atom is 0.0147 e. The molecule has 0 aromatic rings. The molecule has 1 aliphatic rings. The van der Waals surface area contributed by atoms with Crippen molar-refractivity contribution in [1.82, 2.24) is 9.80 Å². The van der Waals surface area contributed by atoms with Crippen LogP contribution in [0.5, 0.6) is 0 Å². The lowest BCUT2D eigenvalue weighted by molar-refractivity contribution is 0.128. The van der Waals surface area contributed by atoms with Gasteiger partial charge in [-0.1, -0.05) is 13.8 Å². The van der Waals surface area contributed by atoms with Gasteiger partial charge in [-0.3, -0.25) is 0 Å². The summed E-state index contributed by atoms with van der Waals surface area (Å²) in [5.41, 5.74) is 0.361. The summed E-state index contributed by atoms with van der Waals surface area (Å²) in [5, 5.41) is 0. The fourth-order valence-electron chi connectivity index (χ4n) is 2.25. The lowest BCUT2D eigenvalue weighted by atomic mass is 9.97. The largest absolute Gasteiger partial charge is 0.303 e. The number of likely N-dealkylation sites (tertiary alicyclic amines) is 1. The molecule has 2 heteroatoms. The SMILES string of the molecule is CCN1CCC(CN(C)C(C)(C)CC)C1. The van der Waals surface area contributed by atoms with Gasteiger partial charge < -0.3 is 9.80 Å². The zero-order valence-electron chi connectivity index (χ0n) is 11.2. The van der Waals surface area contributed by atoms with Gasteiger partial charge in [0.1, 0.15) is 0 Å². The molecule has 90 valence electrons. The van der Waals surface area contributed by atoms with E-state index in [4.69, 9.17) is 0 Å². The highest BCUT2D eigenvalue weighted by Crippen LogP contribution is 2.22. The predicted molar refractivity (Wildman–Crippen MR) is 67.2 cm³/mol. The third-order valence-corrected chi connectivity index (χ3v) is 4.25. The normalized spacial score (nSPS) is 24.0. The number of rotatable bonds is 5. The maximum atomic E-state index is 2.57. The van der Waals surface area contributed by atoms with E-state index in [0.29, 0.717) is 5.54 Å². The summed E-state index contributed by atoms with van der Waals surface area (Å²) in [6.07, 6.45) is 2.62. The zero-order valence-corrected chi connectivity index (χ0v) is 11.2. The van der Waals surface area contributed by atoms with Crippen LogP contribution >= 0.6 is 0 Å². The van der Waals surface area contributed by atoms with E-state index in [0.717, 1.165) is 5.92 Å². The quantitative estimate of drug-likeness (QED) is 0.691. The topological polar surface area (TPSA) is 6.48 Å². The Bertz CT molecular complexity index is 189. The lowest BCUT2D eigenvalue weighted by Gasteiger charge is -2.36. The van der Waals surface area contributed by atoms with Gasteiger partial charge in [-0.15, -0.1) is 0 Å². The first-order valence-corrected chi connectivity index (χ1v) is 6.43. The Morgan fingerprint density at radius 3 is 2.47 bits per heavy atom. The summed E-state index contributed by atoms with van der Waals surface area (Å²) in [6, 6.07) is 0. The Balaban J connectivity index is 2.36. The molecule has 0 radical (unpaired) electrons. The molecule has 0 aliphatic carbocycles. The first-order valence-electron chi connectivity index (χ1n) is 6.43. The van der Waals surface area contributed by atoms with Crippen LogP contribution in [0.2, 0.25) is 0 Å². The highest BCUT2D eigenvalue weighted by Gasteiger charge is 2.27. The number of hydrogen-bond donors (Lipinski definition) is 0. The first kappa shape index (κ1) is 13.0. The minimum Gasteiger partial charge on any atom is -0.303 e. The van der Waals surface area contributed by atoms with E-state index in [1.165, 1.54) is 39.0 Å². The summed E-state index contributed by atoms with van der Waals surface area (Å²) in [6.45, 7) is 14.3. The Labute approximate surface area is 95.6 Å². The second-order valence-corrected chi connectivity index (χ2v) is 5.59. The summed E-state index contributed by atoms with van der Waals surface area (Å²) in [5.74, 6) is 0.890. The van der Waals surface area contributed by atoms with Crippen LogP contribution < -0.4 is 0 Å². The summed E-state index contributed by atoms with van der Waals surface area (Å²) < 4.78 is 0. The van der Waals surface area contributed by atoms with E-state index in [2.05, 4.69) is 44.5 Å². The van der Waals surface area contributed by atoms with Crippen LogP contribution in [0.1, 0.15) is 40.5 Å². The molecule has 0 bridgehead atoms. The second kappa shape index (κ2) is 5.31. The van der Waals surface area contributed by atoms with E-state index < -0.39 is 0 Å². The van der Waals surface area contributed by atoms with Crippen LogP contribution in [0, 0.1) is 5.92 Å². The molecule has 1 heterocycles. The van der Waals surface area contributed by atoms with Crippen LogP contribution in [0.4, 0.5) is 0 Å². The Kier molecular flexibility index (Phi) is 4.60. The molecular weight excluding hydrogens is 184 g/mol. The standard InChI is InChI=1S/C13H28N2/c1-6-13(3,4)14(5)10-12-8-9-15(7-2)11-12/h12H,6-11H2,1-5H3. The van der Waals surface area contributed by atoms with Crippen molar-refractivity contribution in [3.05, 3.63) is 0 Å². The third-order valence-electron chi connectivity index (χ3n) is 4.25. The van der Waals surface area contributed by atoms with Crippen molar-refractivity contribution in [1.29, 1.82) is 0 Å². The fourth-order valence-corrected chi connectivity index (χ4v) is 2.25. The molecular formula is C13H28N2. The van der Waals surface area contributed by atoms with Gasteiger partial charge >= 0.3 is 0 Å². The van der Waals surface area contributed by atoms with Gasteiger partial charge in [0.05, 0.1) is 0 Å². The Morgan fingerprint density at radius 1 is 1.33 bits per heavy atom. The molecule has 0 aromatic heterocycles. The molecule has 1 rings (SSSR count). The monoisotopic (exact) mass is 212 g/mol. The van der Waals surface area contributed by atoms with Crippen molar-refractivity contribution >= 4 is 0 Å². The molecule has 0 aromatic carbocycles. The molecule has 2 nitrogen and oxygen atoms in total. The first-order chi connectivity index (χ1) is 6.99. The highest BCUT2D eigenvalue weighted by atomic mass is 15.2. The maximum absolute atomic E-state index is 2.57. The van der Waals surface area contributed by atoms with Crippen molar-refractivity contribution in [2.75, 3.05) is 33.2 Å². The molecule has 0 N–H and O–H groups in total.